The molecule has 1 N–H and O–H groups in total. The van der Waals surface area contributed by atoms with E-state index in [9.17, 15) is 0 Å². The second-order valence-electron chi connectivity index (χ2n) is 6.98. The highest BCUT2D eigenvalue weighted by atomic mass is 32.1. The molecule has 1 unspecified atom stereocenters. The first-order chi connectivity index (χ1) is 13.4. The summed E-state index contributed by atoms with van der Waals surface area (Å²) in [5.74, 6) is 2.01. The van der Waals surface area contributed by atoms with Gasteiger partial charge in [0.25, 0.3) is 0 Å². The van der Waals surface area contributed by atoms with E-state index in [-0.39, 0.29) is 6.10 Å². The lowest BCUT2D eigenvalue weighted by Crippen LogP contribution is -2.53. The molecule has 0 bridgehead atoms. The van der Waals surface area contributed by atoms with Crippen molar-refractivity contribution in [3.05, 3.63) is 41.7 Å². The fourth-order valence-electron chi connectivity index (χ4n) is 3.59. The minimum absolute atomic E-state index is 0.277. The van der Waals surface area contributed by atoms with Gasteiger partial charge in [-0.1, -0.05) is 0 Å². The summed E-state index contributed by atoms with van der Waals surface area (Å²) in [6.45, 7) is 6.46. The van der Waals surface area contributed by atoms with Gasteiger partial charge in [0.1, 0.15) is 5.76 Å². The second kappa shape index (κ2) is 9.28. The van der Waals surface area contributed by atoms with Crippen LogP contribution in [0.25, 0.3) is 0 Å². The maximum absolute atomic E-state index is 5.74. The highest BCUT2D eigenvalue weighted by Gasteiger charge is 2.21. The molecule has 2 aliphatic heterocycles. The zero-order valence-electron chi connectivity index (χ0n) is 15.7. The summed E-state index contributed by atoms with van der Waals surface area (Å²) < 4.78 is 11.2. The zero-order valence-corrected chi connectivity index (χ0v) is 16.5. The summed E-state index contributed by atoms with van der Waals surface area (Å²) in [6.07, 6.45) is 5.14. The van der Waals surface area contributed by atoms with E-state index >= 15 is 0 Å². The number of aliphatic imine (C=N–C) groups is 1. The Morgan fingerprint density at radius 2 is 2.15 bits per heavy atom. The van der Waals surface area contributed by atoms with Crippen molar-refractivity contribution in [3.63, 3.8) is 0 Å². The molecule has 0 amide bonds. The third-order valence-electron chi connectivity index (χ3n) is 5.10. The van der Waals surface area contributed by atoms with Gasteiger partial charge in [-0.05, 0) is 42.5 Å². The Hall–Kier alpha value is -1.99. The first kappa shape index (κ1) is 18.4. The molecule has 2 aliphatic rings. The first-order valence-electron chi connectivity index (χ1n) is 9.84. The number of hydrogen-bond acceptors (Lipinski definition) is 5. The highest BCUT2D eigenvalue weighted by molar-refractivity contribution is 7.14. The van der Waals surface area contributed by atoms with Crippen molar-refractivity contribution in [2.75, 3.05) is 50.8 Å². The van der Waals surface area contributed by atoms with Crippen LogP contribution in [0.3, 0.4) is 0 Å². The Morgan fingerprint density at radius 3 is 2.85 bits per heavy atom. The summed E-state index contributed by atoms with van der Waals surface area (Å²) in [4.78, 5) is 9.73. The monoisotopic (exact) mass is 388 g/mol. The normalized spacial score (nSPS) is 21.0. The van der Waals surface area contributed by atoms with E-state index in [4.69, 9.17) is 14.1 Å². The Balaban J connectivity index is 1.34. The maximum Gasteiger partial charge on any atom is 0.194 e. The molecule has 2 aromatic heterocycles. The van der Waals surface area contributed by atoms with Crippen LogP contribution in [0.2, 0.25) is 0 Å². The average Bonchev–Trinajstić information content (AvgIpc) is 3.48. The molecule has 0 saturated carbocycles. The van der Waals surface area contributed by atoms with Crippen LogP contribution in [0.1, 0.15) is 18.6 Å². The van der Waals surface area contributed by atoms with Crippen molar-refractivity contribution in [3.8, 4) is 0 Å². The molecule has 4 heterocycles. The van der Waals surface area contributed by atoms with Gasteiger partial charge in [-0.3, -0.25) is 4.99 Å². The van der Waals surface area contributed by atoms with Crippen LogP contribution in [0.4, 0.5) is 5.00 Å². The van der Waals surface area contributed by atoms with Crippen LogP contribution < -0.4 is 10.2 Å². The predicted molar refractivity (Wildman–Crippen MR) is 110 cm³/mol. The Labute approximate surface area is 164 Å². The molecule has 4 rings (SSSR count). The quantitative estimate of drug-likeness (QED) is 0.609. The molecule has 0 aromatic carbocycles. The standard InChI is InChI=1S/C20H28N4O2S/c1-4-17(25-13-1)7-8-21-20(22-16-18-5-2-14-26-18)24-11-9-23(10-12-24)19-6-3-15-27-19/h1,3-4,6,13,15,18H,2,5,7-12,14,16H2,(H,21,22). The summed E-state index contributed by atoms with van der Waals surface area (Å²) in [7, 11) is 0. The van der Waals surface area contributed by atoms with Crippen LogP contribution in [0, 0.1) is 0 Å². The second-order valence-corrected chi connectivity index (χ2v) is 7.91. The first-order valence-corrected chi connectivity index (χ1v) is 10.7. The molecule has 0 radical (unpaired) electrons. The molecule has 2 aromatic rings. The van der Waals surface area contributed by atoms with Crippen molar-refractivity contribution >= 4 is 22.3 Å². The Kier molecular flexibility index (Phi) is 6.32. The van der Waals surface area contributed by atoms with Crippen molar-refractivity contribution in [2.24, 2.45) is 4.99 Å². The summed E-state index contributed by atoms with van der Waals surface area (Å²) in [5.41, 5.74) is 0. The van der Waals surface area contributed by atoms with Gasteiger partial charge in [-0.25, -0.2) is 0 Å². The fourth-order valence-corrected chi connectivity index (χ4v) is 4.37. The lowest BCUT2D eigenvalue weighted by atomic mass is 10.2. The molecule has 1 atom stereocenters. The number of thiophene rings is 1. The molecular formula is C20H28N4O2S. The molecule has 146 valence electrons. The highest BCUT2D eigenvalue weighted by Crippen LogP contribution is 2.22. The van der Waals surface area contributed by atoms with Gasteiger partial charge < -0.3 is 24.3 Å². The molecule has 2 saturated heterocycles. The Bertz CT molecular complexity index is 688. The third kappa shape index (κ3) is 5.05. The van der Waals surface area contributed by atoms with Gasteiger partial charge in [-0.2, -0.15) is 0 Å². The Morgan fingerprint density at radius 1 is 1.22 bits per heavy atom. The molecular weight excluding hydrogens is 360 g/mol. The minimum Gasteiger partial charge on any atom is -0.469 e. The number of hydrogen-bond donors (Lipinski definition) is 1. The van der Waals surface area contributed by atoms with Crippen LogP contribution in [0.15, 0.2) is 45.3 Å². The van der Waals surface area contributed by atoms with E-state index in [1.807, 2.05) is 23.5 Å². The zero-order chi connectivity index (χ0) is 18.3. The minimum atomic E-state index is 0.277. The fraction of sp³-hybridized carbons (Fsp3) is 0.550. The maximum atomic E-state index is 5.74. The van der Waals surface area contributed by atoms with E-state index in [0.29, 0.717) is 0 Å². The van der Waals surface area contributed by atoms with Crippen molar-refractivity contribution in [1.82, 2.24) is 10.2 Å². The molecule has 27 heavy (non-hydrogen) atoms. The number of anilines is 1. The predicted octanol–water partition coefficient (Wildman–Crippen LogP) is 2.83. The van der Waals surface area contributed by atoms with Gasteiger partial charge >= 0.3 is 0 Å². The average molecular weight is 389 g/mol. The van der Waals surface area contributed by atoms with Gasteiger partial charge in [0.05, 0.1) is 23.9 Å². The van der Waals surface area contributed by atoms with E-state index in [2.05, 4.69) is 32.6 Å². The number of furan rings is 1. The summed E-state index contributed by atoms with van der Waals surface area (Å²) in [6, 6.07) is 8.28. The number of guanidine groups is 1. The van der Waals surface area contributed by atoms with E-state index in [1.165, 1.54) is 5.00 Å². The van der Waals surface area contributed by atoms with E-state index in [1.54, 1.807) is 6.26 Å². The van der Waals surface area contributed by atoms with Gasteiger partial charge in [0, 0.05) is 45.8 Å². The van der Waals surface area contributed by atoms with E-state index in [0.717, 1.165) is 76.9 Å². The van der Waals surface area contributed by atoms with Crippen molar-refractivity contribution in [2.45, 2.75) is 25.4 Å². The van der Waals surface area contributed by atoms with Gasteiger partial charge in [0.2, 0.25) is 0 Å². The summed E-state index contributed by atoms with van der Waals surface area (Å²) in [5, 5.41) is 7.05. The molecule has 0 spiro atoms. The number of piperazine rings is 1. The van der Waals surface area contributed by atoms with Crippen molar-refractivity contribution < 1.29 is 9.15 Å². The van der Waals surface area contributed by atoms with Crippen LogP contribution >= 0.6 is 11.3 Å². The third-order valence-corrected chi connectivity index (χ3v) is 6.03. The summed E-state index contributed by atoms with van der Waals surface area (Å²) >= 11 is 1.81. The molecule has 2 fully saturated rings. The number of ether oxygens (including phenoxy) is 1. The molecule has 0 aliphatic carbocycles. The van der Waals surface area contributed by atoms with Crippen LogP contribution in [-0.4, -0.2) is 62.8 Å². The van der Waals surface area contributed by atoms with Crippen LogP contribution in [-0.2, 0) is 11.2 Å². The SMILES string of the molecule is c1coc(CCNC(=NCC2CCCO2)N2CCN(c3cccs3)CC2)c1. The lowest BCUT2D eigenvalue weighted by Gasteiger charge is -2.37. The topological polar surface area (TPSA) is 53.2 Å². The van der Waals surface area contributed by atoms with Gasteiger partial charge in [0.15, 0.2) is 5.96 Å². The van der Waals surface area contributed by atoms with E-state index < -0.39 is 0 Å². The van der Waals surface area contributed by atoms with Crippen LogP contribution in [0.5, 0.6) is 0 Å². The van der Waals surface area contributed by atoms with Gasteiger partial charge in [-0.15, -0.1) is 11.3 Å². The number of nitrogens with one attached hydrogen (secondary N) is 1. The molecule has 7 heteroatoms. The lowest BCUT2D eigenvalue weighted by molar-refractivity contribution is 0.117. The number of nitrogens with zero attached hydrogens (tertiary/aromatic N) is 3. The number of rotatable bonds is 6. The van der Waals surface area contributed by atoms with Crippen molar-refractivity contribution in [1.29, 1.82) is 0 Å². The largest absolute Gasteiger partial charge is 0.469 e. The molecule has 6 nitrogen and oxygen atoms in total. The smallest absolute Gasteiger partial charge is 0.194 e.